The minimum absolute atomic E-state index is 0.519. The van der Waals surface area contributed by atoms with Gasteiger partial charge in [-0.25, -0.2) is 0 Å². The molecule has 0 aliphatic rings. The van der Waals surface area contributed by atoms with Gasteiger partial charge < -0.3 is 19.8 Å². The molecule has 0 fully saturated rings. The molecule has 0 spiro atoms. The molecular weight excluding hydrogens is 354 g/mol. The van der Waals surface area contributed by atoms with Crippen LogP contribution in [0.2, 0.25) is 0 Å². The van der Waals surface area contributed by atoms with Crippen LogP contribution >= 0.6 is 0 Å². The maximum absolute atomic E-state index is 12.6. The van der Waals surface area contributed by atoms with Crippen molar-refractivity contribution in [1.29, 1.82) is 5.26 Å². The van der Waals surface area contributed by atoms with Crippen LogP contribution in [0.1, 0.15) is 29.3 Å². The van der Waals surface area contributed by atoms with Crippen LogP contribution in [-0.2, 0) is 10.2 Å². The Labute approximate surface area is 161 Å². The topological polar surface area (TPSA) is 102 Å². The van der Waals surface area contributed by atoms with Crippen molar-refractivity contribution in [2.24, 2.45) is 0 Å². The molecule has 1 atom stereocenters. The summed E-state index contributed by atoms with van der Waals surface area (Å²) in [7, 11) is 1.55. The van der Waals surface area contributed by atoms with Crippen LogP contribution in [0.15, 0.2) is 42.6 Å². The molecule has 4 rings (SSSR count). The van der Waals surface area contributed by atoms with Crippen molar-refractivity contribution in [3.63, 3.8) is 0 Å². The van der Waals surface area contributed by atoms with Gasteiger partial charge in [-0.1, -0.05) is 0 Å². The van der Waals surface area contributed by atoms with Crippen LogP contribution in [0.4, 0.5) is 0 Å². The highest BCUT2D eigenvalue weighted by molar-refractivity contribution is 5.98. The molecule has 2 heterocycles. The fourth-order valence-electron chi connectivity index (χ4n) is 3.88. The first-order valence-electron chi connectivity index (χ1n) is 8.82. The number of methoxy groups -OCH3 is 1. The van der Waals surface area contributed by atoms with Crippen molar-refractivity contribution in [1.82, 2.24) is 9.97 Å². The predicted octanol–water partition coefficient (Wildman–Crippen LogP) is 4.23. The molecule has 2 aromatic heterocycles. The number of aryl methyl sites for hydroxylation is 1. The zero-order valence-corrected chi connectivity index (χ0v) is 15.8. The van der Waals surface area contributed by atoms with Crippen molar-refractivity contribution in [2.75, 3.05) is 7.11 Å². The lowest BCUT2D eigenvalue weighted by atomic mass is 9.77. The molecule has 4 aromatic rings. The van der Waals surface area contributed by atoms with E-state index in [2.05, 4.69) is 16.0 Å². The number of benzene rings is 2. The van der Waals surface area contributed by atoms with Gasteiger partial charge >= 0.3 is 5.97 Å². The number of rotatable bonds is 4. The number of aromatic amines is 2. The molecule has 0 bridgehead atoms. The van der Waals surface area contributed by atoms with E-state index >= 15 is 0 Å². The molecule has 0 saturated heterocycles. The third-order valence-electron chi connectivity index (χ3n) is 5.44. The largest absolute Gasteiger partial charge is 0.496 e. The zero-order chi connectivity index (χ0) is 20.1. The van der Waals surface area contributed by atoms with Crippen LogP contribution in [-0.4, -0.2) is 28.2 Å². The first kappa shape index (κ1) is 17.7. The Kier molecular flexibility index (Phi) is 3.90. The van der Waals surface area contributed by atoms with Crippen molar-refractivity contribution in [3.8, 4) is 11.8 Å². The van der Waals surface area contributed by atoms with E-state index in [0.29, 0.717) is 22.6 Å². The Morgan fingerprint density at radius 1 is 1.25 bits per heavy atom. The zero-order valence-electron chi connectivity index (χ0n) is 15.8. The van der Waals surface area contributed by atoms with Gasteiger partial charge in [0.05, 0.1) is 18.7 Å². The quantitative estimate of drug-likeness (QED) is 0.498. The first-order chi connectivity index (χ1) is 13.4. The molecule has 0 radical (unpaired) electrons. The minimum atomic E-state index is -1.38. The van der Waals surface area contributed by atoms with Gasteiger partial charge in [-0.3, -0.25) is 4.79 Å². The summed E-state index contributed by atoms with van der Waals surface area (Å²) >= 11 is 0. The molecule has 28 heavy (non-hydrogen) atoms. The Bertz CT molecular complexity index is 1280. The SMILES string of the molecule is COc1cc(C)c2[nH]ccc2c1C(C)(C(=O)O)c1cc2cc(C#N)ccc2[nH]1. The molecule has 1 unspecified atom stereocenters. The van der Waals surface area contributed by atoms with E-state index in [1.165, 1.54) is 0 Å². The number of hydrogen-bond donors (Lipinski definition) is 3. The third kappa shape index (κ3) is 2.37. The second-order valence-corrected chi connectivity index (χ2v) is 7.06. The molecule has 6 heteroatoms. The Morgan fingerprint density at radius 2 is 2.04 bits per heavy atom. The van der Waals surface area contributed by atoms with Gasteiger partial charge in [0.25, 0.3) is 0 Å². The van der Waals surface area contributed by atoms with E-state index in [9.17, 15) is 9.90 Å². The summed E-state index contributed by atoms with van der Waals surface area (Å²) in [6.45, 7) is 3.63. The number of nitrogens with one attached hydrogen (secondary N) is 2. The van der Waals surface area contributed by atoms with Crippen molar-refractivity contribution < 1.29 is 14.6 Å². The predicted molar refractivity (Wildman–Crippen MR) is 107 cm³/mol. The summed E-state index contributed by atoms with van der Waals surface area (Å²) in [5.41, 5.74) is 2.88. The highest BCUT2D eigenvalue weighted by Gasteiger charge is 2.43. The Balaban J connectivity index is 2.06. The van der Waals surface area contributed by atoms with Crippen LogP contribution in [0.5, 0.6) is 5.75 Å². The van der Waals surface area contributed by atoms with Crippen molar-refractivity contribution >= 4 is 27.8 Å². The van der Waals surface area contributed by atoms with Gasteiger partial charge in [-0.05, 0) is 55.8 Å². The van der Waals surface area contributed by atoms with E-state index in [-0.39, 0.29) is 0 Å². The van der Waals surface area contributed by atoms with Crippen LogP contribution < -0.4 is 4.74 Å². The molecule has 2 aromatic carbocycles. The Hall–Kier alpha value is -3.72. The summed E-state index contributed by atoms with van der Waals surface area (Å²) in [5, 5.41) is 21.1. The lowest BCUT2D eigenvalue weighted by Gasteiger charge is -2.27. The highest BCUT2D eigenvalue weighted by atomic mass is 16.5. The number of H-pyrrole nitrogens is 2. The molecule has 0 aliphatic carbocycles. The number of aromatic nitrogens is 2. The highest BCUT2D eigenvalue weighted by Crippen LogP contribution is 2.43. The summed E-state index contributed by atoms with van der Waals surface area (Å²) in [6.07, 6.45) is 1.80. The smallest absolute Gasteiger partial charge is 0.320 e. The third-order valence-corrected chi connectivity index (χ3v) is 5.44. The molecule has 140 valence electrons. The average molecular weight is 373 g/mol. The number of hydrogen-bond acceptors (Lipinski definition) is 3. The van der Waals surface area contributed by atoms with E-state index in [1.807, 2.05) is 19.1 Å². The van der Waals surface area contributed by atoms with Crippen molar-refractivity contribution in [3.05, 3.63) is 65.0 Å². The Morgan fingerprint density at radius 3 is 2.71 bits per heavy atom. The summed E-state index contributed by atoms with van der Waals surface area (Å²) in [6, 6.07) is 12.9. The fourth-order valence-corrected chi connectivity index (χ4v) is 3.88. The van der Waals surface area contributed by atoms with Gasteiger partial charge in [0, 0.05) is 39.3 Å². The van der Waals surface area contributed by atoms with E-state index < -0.39 is 11.4 Å². The normalized spacial score (nSPS) is 13.4. The lowest BCUT2D eigenvalue weighted by molar-refractivity contribution is -0.141. The number of carboxylic acids is 1. The fraction of sp³-hybridized carbons (Fsp3) is 0.182. The summed E-state index contributed by atoms with van der Waals surface area (Å²) < 4.78 is 5.60. The molecule has 6 nitrogen and oxygen atoms in total. The second kappa shape index (κ2) is 6.17. The number of nitriles is 1. The molecular formula is C22H19N3O3. The van der Waals surface area contributed by atoms with Gasteiger partial charge in [0.15, 0.2) is 0 Å². The minimum Gasteiger partial charge on any atom is -0.496 e. The molecule has 0 saturated carbocycles. The maximum Gasteiger partial charge on any atom is 0.320 e. The summed E-state index contributed by atoms with van der Waals surface area (Å²) in [4.78, 5) is 19.0. The molecule has 0 aliphatic heterocycles. The number of nitrogens with zero attached hydrogens (tertiary/aromatic N) is 1. The van der Waals surface area contributed by atoms with Crippen LogP contribution in [0, 0.1) is 18.3 Å². The number of ether oxygens (including phenoxy) is 1. The van der Waals surface area contributed by atoms with Gasteiger partial charge in [0.1, 0.15) is 11.2 Å². The van der Waals surface area contributed by atoms with E-state index in [4.69, 9.17) is 10.00 Å². The van der Waals surface area contributed by atoms with E-state index in [1.54, 1.807) is 44.5 Å². The molecule has 0 amide bonds. The number of aliphatic carboxylic acids is 1. The van der Waals surface area contributed by atoms with Gasteiger partial charge in [-0.15, -0.1) is 0 Å². The maximum atomic E-state index is 12.6. The average Bonchev–Trinajstić information content (AvgIpc) is 3.33. The number of carbonyl (C=O) groups is 1. The lowest BCUT2D eigenvalue weighted by Crippen LogP contribution is -2.34. The van der Waals surface area contributed by atoms with Gasteiger partial charge in [0.2, 0.25) is 0 Å². The monoisotopic (exact) mass is 373 g/mol. The standard InChI is InChI=1S/C22H19N3O3/c1-12-8-17(28-3)19(15-6-7-24-20(12)15)22(2,21(26)27)18-10-14-9-13(11-23)4-5-16(14)25-18/h4-10,24-25H,1-3H3,(H,26,27). The van der Waals surface area contributed by atoms with Gasteiger partial charge in [-0.2, -0.15) is 5.26 Å². The number of fused-ring (bicyclic) bond motifs is 2. The molecule has 3 N–H and O–H groups in total. The first-order valence-corrected chi connectivity index (χ1v) is 8.82. The van der Waals surface area contributed by atoms with Crippen molar-refractivity contribution in [2.45, 2.75) is 19.3 Å². The second-order valence-electron chi connectivity index (χ2n) is 7.06. The number of carboxylic acid groups (broad SMARTS) is 1. The van der Waals surface area contributed by atoms with Crippen LogP contribution in [0.25, 0.3) is 21.8 Å². The summed E-state index contributed by atoms with van der Waals surface area (Å²) in [5.74, 6) is -0.477. The van der Waals surface area contributed by atoms with Crippen LogP contribution in [0.3, 0.4) is 0 Å². The van der Waals surface area contributed by atoms with E-state index in [0.717, 1.165) is 27.4 Å².